The lowest BCUT2D eigenvalue weighted by atomic mass is 10.2. The Labute approximate surface area is 206 Å². The number of nitrogens with zero attached hydrogens (tertiary/aromatic N) is 4. The fourth-order valence-corrected chi connectivity index (χ4v) is 4.75. The van der Waals surface area contributed by atoms with Crippen LogP contribution in [0.5, 0.6) is 11.5 Å². The van der Waals surface area contributed by atoms with Gasteiger partial charge in [0.2, 0.25) is 11.9 Å². The van der Waals surface area contributed by atoms with E-state index < -0.39 is 15.9 Å². The number of ether oxygens (including phenoxy) is 2. The molecule has 5 rings (SSSR count). The third-order valence-electron chi connectivity index (χ3n) is 5.51. The molecule has 186 valence electrons. The summed E-state index contributed by atoms with van der Waals surface area (Å²) >= 11 is 0. The van der Waals surface area contributed by atoms with Gasteiger partial charge >= 0.3 is 6.03 Å². The number of amides is 3. The van der Waals surface area contributed by atoms with Crippen LogP contribution in [0.2, 0.25) is 0 Å². The molecule has 0 spiro atoms. The summed E-state index contributed by atoms with van der Waals surface area (Å²) in [5.41, 5.74) is 1.06. The van der Waals surface area contributed by atoms with Gasteiger partial charge in [-0.05, 0) is 42.5 Å². The largest absolute Gasteiger partial charge is 0.486 e. The predicted octanol–water partition coefficient (Wildman–Crippen LogP) is 1.93. The Balaban J connectivity index is 1.18. The molecule has 0 atom stereocenters. The lowest BCUT2D eigenvalue weighted by Gasteiger charge is -2.22. The van der Waals surface area contributed by atoms with Crippen molar-refractivity contribution >= 4 is 39.3 Å². The monoisotopic (exact) mass is 510 g/mol. The minimum atomic E-state index is -3.89. The van der Waals surface area contributed by atoms with E-state index in [0.29, 0.717) is 49.2 Å². The average molecular weight is 511 g/mol. The predicted molar refractivity (Wildman–Crippen MR) is 130 cm³/mol. The molecule has 2 N–H and O–H groups in total. The molecule has 0 bridgehead atoms. The second-order valence-electron chi connectivity index (χ2n) is 7.93. The number of fused-ring (bicyclic) bond motifs is 1. The maximum absolute atomic E-state index is 12.9. The molecule has 2 aliphatic heterocycles. The summed E-state index contributed by atoms with van der Waals surface area (Å²) < 4.78 is 38.4. The molecule has 1 aromatic heterocycles. The Morgan fingerprint density at radius 3 is 2.44 bits per heavy atom. The second kappa shape index (κ2) is 9.70. The normalized spacial score (nSPS) is 15.1. The van der Waals surface area contributed by atoms with Gasteiger partial charge in [-0.1, -0.05) is 0 Å². The number of sulfonamides is 1. The molecular formula is C23H22N6O6S. The van der Waals surface area contributed by atoms with Crippen LogP contribution in [0.3, 0.4) is 0 Å². The minimum Gasteiger partial charge on any atom is -0.486 e. The number of hydrogen-bond acceptors (Lipinski definition) is 8. The molecular weight excluding hydrogens is 488 g/mol. The van der Waals surface area contributed by atoms with Crippen LogP contribution in [0.4, 0.5) is 22.1 Å². The molecule has 12 nitrogen and oxygen atoms in total. The van der Waals surface area contributed by atoms with Crippen LogP contribution in [0, 0.1) is 0 Å². The van der Waals surface area contributed by atoms with Crippen molar-refractivity contribution < 1.29 is 27.5 Å². The highest BCUT2D eigenvalue weighted by molar-refractivity contribution is 7.92. The fraction of sp³-hybridized carbons (Fsp3) is 0.217. The van der Waals surface area contributed by atoms with Gasteiger partial charge in [0.15, 0.2) is 11.5 Å². The first-order valence-electron chi connectivity index (χ1n) is 11.0. The zero-order valence-corrected chi connectivity index (χ0v) is 19.8. The average Bonchev–Trinajstić information content (AvgIpc) is 3.24. The highest BCUT2D eigenvalue weighted by atomic mass is 32.2. The molecule has 3 aromatic rings. The summed E-state index contributed by atoms with van der Waals surface area (Å²) in [6, 6.07) is 12.2. The lowest BCUT2D eigenvalue weighted by molar-refractivity contribution is -0.116. The molecule has 2 aliphatic rings. The van der Waals surface area contributed by atoms with Crippen molar-refractivity contribution in [1.29, 1.82) is 0 Å². The van der Waals surface area contributed by atoms with Crippen molar-refractivity contribution in [2.45, 2.75) is 4.90 Å². The summed E-state index contributed by atoms with van der Waals surface area (Å²) in [6.45, 7) is 1.59. The summed E-state index contributed by atoms with van der Waals surface area (Å²) in [5, 5.41) is 2.69. The smallest absolute Gasteiger partial charge is 0.325 e. The van der Waals surface area contributed by atoms with Crippen molar-refractivity contribution in [2.75, 3.05) is 47.8 Å². The van der Waals surface area contributed by atoms with E-state index in [-0.39, 0.29) is 23.4 Å². The second-order valence-corrected chi connectivity index (χ2v) is 9.62. The fourth-order valence-electron chi connectivity index (χ4n) is 3.79. The van der Waals surface area contributed by atoms with Crippen molar-refractivity contribution in [1.82, 2.24) is 14.9 Å². The van der Waals surface area contributed by atoms with E-state index in [1.54, 1.807) is 29.2 Å². The van der Waals surface area contributed by atoms with Gasteiger partial charge in [0.1, 0.15) is 19.8 Å². The maximum atomic E-state index is 12.9. The Bertz CT molecular complexity index is 1380. The van der Waals surface area contributed by atoms with Gasteiger partial charge in [0.25, 0.3) is 10.0 Å². The van der Waals surface area contributed by atoms with Gasteiger partial charge in [0.05, 0.1) is 4.90 Å². The van der Waals surface area contributed by atoms with E-state index >= 15 is 0 Å². The molecule has 3 amide bonds. The molecule has 0 aliphatic carbocycles. The number of aromatic nitrogens is 2. The molecule has 1 saturated heterocycles. The maximum Gasteiger partial charge on any atom is 0.325 e. The number of nitrogens with one attached hydrogen (secondary N) is 2. The van der Waals surface area contributed by atoms with Crippen molar-refractivity contribution in [3.63, 3.8) is 0 Å². The van der Waals surface area contributed by atoms with Crippen molar-refractivity contribution in [3.8, 4) is 11.5 Å². The third kappa shape index (κ3) is 5.00. The quantitative estimate of drug-likeness (QED) is 0.491. The molecule has 1 fully saturated rings. The van der Waals surface area contributed by atoms with E-state index in [0.717, 1.165) is 0 Å². The van der Waals surface area contributed by atoms with E-state index in [1.165, 1.54) is 41.6 Å². The van der Waals surface area contributed by atoms with Gasteiger partial charge < -0.3 is 19.7 Å². The van der Waals surface area contributed by atoms with Gasteiger partial charge in [-0.25, -0.2) is 27.9 Å². The van der Waals surface area contributed by atoms with Crippen molar-refractivity contribution in [2.24, 2.45) is 0 Å². The van der Waals surface area contributed by atoms with E-state index in [9.17, 15) is 18.0 Å². The van der Waals surface area contributed by atoms with E-state index in [2.05, 4.69) is 20.0 Å². The summed E-state index contributed by atoms with van der Waals surface area (Å²) in [4.78, 5) is 36.1. The van der Waals surface area contributed by atoms with Crippen LogP contribution in [0.25, 0.3) is 0 Å². The molecule has 36 heavy (non-hydrogen) atoms. The molecule has 0 saturated carbocycles. The molecule has 3 heterocycles. The van der Waals surface area contributed by atoms with Crippen LogP contribution >= 0.6 is 0 Å². The van der Waals surface area contributed by atoms with Gasteiger partial charge in [0, 0.05) is 42.9 Å². The van der Waals surface area contributed by atoms with Gasteiger partial charge in [-0.3, -0.25) is 9.69 Å². The minimum absolute atomic E-state index is 0.0160. The number of carbonyl (C=O) groups excluding carboxylic acids is 2. The number of hydrogen-bond donors (Lipinski definition) is 2. The Morgan fingerprint density at radius 1 is 0.972 bits per heavy atom. The molecule has 0 radical (unpaired) electrons. The topological polar surface area (TPSA) is 143 Å². The third-order valence-corrected chi connectivity index (χ3v) is 6.85. The number of anilines is 3. The zero-order chi connectivity index (χ0) is 25.1. The highest BCUT2D eigenvalue weighted by Crippen LogP contribution is 2.35. The Morgan fingerprint density at radius 2 is 1.69 bits per heavy atom. The van der Waals surface area contributed by atoms with Crippen molar-refractivity contribution in [3.05, 3.63) is 60.9 Å². The summed E-state index contributed by atoms with van der Waals surface area (Å²) in [7, 11) is -3.89. The van der Waals surface area contributed by atoms with Crippen LogP contribution < -0.4 is 24.4 Å². The van der Waals surface area contributed by atoms with E-state index in [4.69, 9.17) is 9.47 Å². The molecule has 0 unspecified atom stereocenters. The number of rotatable bonds is 7. The summed E-state index contributed by atoms with van der Waals surface area (Å²) in [5.74, 6) is 0.768. The Hall–Kier alpha value is -4.39. The first-order valence-corrected chi connectivity index (χ1v) is 12.5. The number of urea groups is 1. The van der Waals surface area contributed by atoms with Gasteiger partial charge in [-0.15, -0.1) is 0 Å². The van der Waals surface area contributed by atoms with Crippen LogP contribution in [-0.2, 0) is 14.8 Å². The number of benzene rings is 2. The molecule has 13 heteroatoms. The Kier molecular flexibility index (Phi) is 6.29. The van der Waals surface area contributed by atoms with Crippen LogP contribution in [-0.4, -0.2) is 68.1 Å². The standard InChI is InChI=1S/C23H22N6O6S/c30-21(26-16-2-5-18(6-3-16)36(32,33)27-22-24-8-1-9-25-22)15-28-10-11-29(23(28)31)17-4-7-19-20(14-17)35-13-12-34-19/h1-9,14H,10-13,15H2,(H,26,30)(H,24,25,27). The SMILES string of the molecule is O=C(CN1CCN(c2ccc3c(c2)OCCO3)C1=O)Nc1ccc(S(=O)(=O)Nc2ncccn2)cc1. The first-order chi connectivity index (χ1) is 17.4. The zero-order valence-electron chi connectivity index (χ0n) is 19.0. The van der Waals surface area contributed by atoms with E-state index in [1.807, 2.05) is 0 Å². The highest BCUT2D eigenvalue weighted by Gasteiger charge is 2.31. The lowest BCUT2D eigenvalue weighted by Crippen LogP contribution is -2.37. The summed E-state index contributed by atoms with van der Waals surface area (Å²) in [6.07, 6.45) is 2.84. The van der Waals surface area contributed by atoms with Crippen LogP contribution in [0.1, 0.15) is 0 Å². The van der Waals surface area contributed by atoms with Gasteiger partial charge in [-0.2, -0.15) is 0 Å². The first kappa shape index (κ1) is 23.4. The molecule has 2 aromatic carbocycles. The number of carbonyl (C=O) groups is 2. The van der Waals surface area contributed by atoms with Crippen LogP contribution in [0.15, 0.2) is 65.8 Å².